The maximum Gasteiger partial charge on any atom is 0.330 e. The lowest BCUT2D eigenvalue weighted by Crippen LogP contribution is -2.04. The lowest BCUT2D eigenvalue weighted by molar-refractivity contribution is -0.137. The minimum absolute atomic E-state index is 0.357. The van der Waals surface area contributed by atoms with Gasteiger partial charge in [-0.25, -0.2) is 4.79 Å². The summed E-state index contributed by atoms with van der Waals surface area (Å²) >= 11 is 0. The molecular formula is C15H28O4. The fourth-order valence-electron chi connectivity index (χ4n) is 1.40. The van der Waals surface area contributed by atoms with Crippen LogP contribution in [0, 0.1) is 0 Å². The summed E-state index contributed by atoms with van der Waals surface area (Å²) in [6.07, 6.45) is 7.35. The lowest BCUT2D eigenvalue weighted by atomic mass is 10.3. The highest BCUT2D eigenvalue weighted by Crippen LogP contribution is 1.96. The van der Waals surface area contributed by atoms with Crippen molar-refractivity contribution in [2.75, 3.05) is 33.0 Å². The van der Waals surface area contributed by atoms with Crippen molar-refractivity contribution >= 4 is 5.97 Å². The first kappa shape index (κ1) is 18.1. The van der Waals surface area contributed by atoms with E-state index in [0.29, 0.717) is 6.61 Å². The molecule has 0 spiro atoms. The van der Waals surface area contributed by atoms with E-state index in [0.717, 1.165) is 58.5 Å². The second-order valence-corrected chi connectivity index (χ2v) is 4.36. The molecule has 0 amide bonds. The van der Waals surface area contributed by atoms with Gasteiger partial charge < -0.3 is 14.2 Å². The smallest absolute Gasteiger partial charge is 0.330 e. The van der Waals surface area contributed by atoms with Crippen molar-refractivity contribution in [2.24, 2.45) is 0 Å². The molecule has 0 aliphatic rings. The van der Waals surface area contributed by atoms with Gasteiger partial charge in [0.25, 0.3) is 0 Å². The van der Waals surface area contributed by atoms with Crippen molar-refractivity contribution in [3.8, 4) is 0 Å². The van der Waals surface area contributed by atoms with Crippen LogP contribution in [0.5, 0.6) is 0 Å². The van der Waals surface area contributed by atoms with Gasteiger partial charge in [-0.3, -0.25) is 0 Å². The Hall–Kier alpha value is -0.870. The molecule has 19 heavy (non-hydrogen) atoms. The van der Waals surface area contributed by atoms with Crippen LogP contribution in [0.4, 0.5) is 0 Å². The number of carbonyl (C=O) groups is 1. The number of hydrogen-bond donors (Lipinski definition) is 0. The molecule has 0 aromatic rings. The average Bonchev–Trinajstić information content (AvgIpc) is 2.43. The molecule has 0 aromatic carbocycles. The number of rotatable bonds is 14. The zero-order chi connectivity index (χ0) is 14.2. The Bertz CT molecular complexity index is 216. The summed E-state index contributed by atoms with van der Waals surface area (Å²) in [4.78, 5) is 10.7. The summed E-state index contributed by atoms with van der Waals surface area (Å²) in [5.74, 6) is -0.357. The molecule has 0 rings (SSSR count). The molecule has 0 saturated carbocycles. The van der Waals surface area contributed by atoms with Gasteiger partial charge >= 0.3 is 5.97 Å². The van der Waals surface area contributed by atoms with E-state index in [1.54, 1.807) is 0 Å². The molecule has 0 bridgehead atoms. The summed E-state index contributed by atoms with van der Waals surface area (Å²) in [6, 6.07) is 0. The first-order valence-corrected chi connectivity index (χ1v) is 7.26. The van der Waals surface area contributed by atoms with Crippen LogP contribution in [0.25, 0.3) is 0 Å². The van der Waals surface area contributed by atoms with Crippen molar-refractivity contribution in [2.45, 2.75) is 45.4 Å². The highest BCUT2D eigenvalue weighted by atomic mass is 16.5. The number of carbonyl (C=O) groups excluding carboxylic acids is 1. The maximum atomic E-state index is 10.7. The van der Waals surface area contributed by atoms with Crippen molar-refractivity contribution in [1.82, 2.24) is 0 Å². The molecule has 0 aliphatic carbocycles. The van der Waals surface area contributed by atoms with Crippen molar-refractivity contribution in [1.29, 1.82) is 0 Å². The fraction of sp³-hybridized carbons (Fsp3) is 0.800. The first-order chi connectivity index (χ1) is 9.31. The molecule has 0 aliphatic heterocycles. The quantitative estimate of drug-likeness (QED) is 0.277. The molecule has 0 saturated heterocycles. The van der Waals surface area contributed by atoms with E-state index >= 15 is 0 Å². The van der Waals surface area contributed by atoms with Gasteiger partial charge in [-0.1, -0.05) is 19.9 Å². The van der Waals surface area contributed by atoms with E-state index in [1.165, 1.54) is 12.5 Å². The number of unbranched alkanes of at least 4 members (excludes halogenated alkanes) is 3. The minimum Gasteiger partial charge on any atom is -0.463 e. The van der Waals surface area contributed by atoms with Gasteiger partial charge in [0.05, 0.1) is 6.61 Å². The van der Waals surface area contributed by atoms with E-state index in [1.807, 2.05) is 0 Å². The summed E-state index contributed by atoms with van der Waals surface area (Å²) in [6.45, 7) is 9.15. The SMILES string of the molecule is C=CC(=O)OCCCCOCCCCOCCCC. The van der Waals surface area contributed by atoms with Crippen molar-refractivity contribution in [3.05, 3.63) is 12.7 Å². The predicted molar refractivity (Wildman–Crippen MR) is 76.2 cm³/mol. The van der Waals surface area contributed by atoms with E-state index in [9.17, 15) is 4.79 Å². The van der Waals surface area contributed by atoms with E-state index in [-0.39, 0.29) is 5.97 Å². The summed E-state index contributed by atoms with van der Waals surface area (Å²) < 4.78 is 15.8. The second-order valence-electron chi connectivity index (χ2n) is 4.36. The monoisotopic (exact) mass is 272 g/mol. The van der Waals surface area contributed by atoms with Gasteiger partial charge in [0.2, 0.25) is 0 Å². The number of hydrogen-bond acceptors (Lipinski definition) is 4. The van der Waals surface area contributed by atoms with Gasteiger partial charge in [-0.15, -0.1) is 0 Å². The Kier molecular flexibility index (Phi) is 14.5. The molecule has 0 atom stereocenters. The molecule has 0 aromatic heterocycles. The van der Waals surface area contributed by atoms with Crippen LogP contribution in [0.1, 0.15) is 45.4 Å². The Morgan fingerprint density at radius 1 is 0.895 bits per heavy atom. The van der Waals surface area contributed by atoms with Crippen LogP contribution in [-0.4, -0.2) is 39.0 Å². The van der Waals surface area contributed by atoms with Crippen LogP contribution in [0.3, 0.4) is 0 Å². The Labute approximate surface area is 117 Å². The molecule has 0 unspecified atom stereocenters. The van der Waals surface area contributed by atoms with Gasteiger partial charge in [0.1, 0.15) is 0 Å². The van der Waals surface area contributed by atoms with Crippen LogP contribution in [0.15, 0.2) is 12.7 Å². The van der Waals surface area contributed by atoms with Crippen LogP contribution < -0.4 is 0 Å². The Morgan fingerprint density at radius 2 is 1.37 bits per heavy atom. The average molecular weight is 272 g/mol. The third kappa shape index (κ3) is 15.1. The van der Waals surface area contributed by atoms with Gasteiger partial charge in [0.15, 0.2) is 0 Å². The third-order valence-electron chi connectivity index (χ3n) is 2.56. The second kappa shape index (κ2) is 15.2. The number of esters is 1. The molecule has 0 heterocycles. The maximum absolute atomic E-state index is 10.7. The predicted octanol–water partition coefficient (Wildman–Crippen LogP) is 3.11. The van der Waals surface area contributed by atoms with Gasteiger partial charge in [-0.05, 0) is 32.1 Å². The van der Waals surface area contributed by atoms with E-state index in [2.05, 4.69) is 13.5 Å². The topological polar surface area (TPSA) is 44.8 Å². The summed E-state index contributed by atoms with van der Waals surface area (Å²) in [5.41, 5.74) is 0. The van der Waals surface area contributed by atoms with Gasteiger partial charge in [-0.2, -0.15) is 0 Å². The third-order valence-corrected chi connectivity index (χ3v) is 2.56. The number of ether oxygens (including phenoxy) is 3. The van der Waals surface area contributed by atoms with E-state index in [4.69, 9.17) is 14.2 Å². The Morgan fingerprint density at radius 3 is 1.84 bits per heavy atom. The van der Waals surface area contributed by atoms with Crippen molar-refractivity contribution < 1.29 is 19.0 Å². The Balaban J connectivity index is 2.99. The fourth-order valence-corrected chi connectivity index (χ4v) is 1.40. The van der Waals surface area contributed by atoms with Crippen LogP contribution >= 0.6 is 0 Å². The molecule has 0 fully saturated rings. The highest BCUT2D eigenvalue weighted by molar-refractivity contribution is 5.81. The van der Waals surface area contributed by atoms with Gasteiger partial charge in [0, 0.05) is 32.5 Å². The van der Waals surface area contributed by atoms with Crippen molar-refractivity contribution in [3.63, 3.8) is 0 Å². The molecule has 112 valence electrons. The standard InChI is InChI=1S/C15H28O4/c1-3-5-10-17-11-6-7-12-18-13-8-9-14-19-15(16)4-2/h4H,2-3,5-14H2,1H3. The van der Waals surface area contributed by atoms with Crippen LogP contribution in [-0.2, 0) is 19.0 Å². The van der Waals surface area contributed by atoms with Crippen LogP contribution in [0.2, 0.25) is 0 Å². The zero-order valence-electron chi connectivity index (χ0n) is 12.2. The molecule has 4 heteroatoms. The zero-order valence-corrected chi connectivity index (χ0v) is 12.2. The van der Waals surface area contributed by atoms with E-state index < -0.39 is 0 Å². The minimum atomic E-state index is -0.357. The molecule has 0 N–H and O–H groups in total. The molecule has 4 nitrogen and oxygen atoms in total. The molecule has 0 radical (unpaired) electrons. The molecular weight excluding hydrogens is 244 g/mol. The summed E-state index contributed by atoms with van der Waals surface area (Å²) in [5, 5.41) is 0. The largest absolute Gasteiger partial charge is 0.463 e. The summed E-state index contributed by atoms with van der Waals surface area (Å²) in [7, 11) is 0. The lowest BCUT2D eigenvalue weighted by Gasteiger charge is -2.05. The highest BCUT2D eigenvalue weighted by Gasteiger charge is 1.95. The normalized spacial score (nSPS) is 10.4. The first-order valence-electron chi connectivity index (χ1n) is 7.26.